The second kappa shape index (κ2) is 11.5. The van der Waals surface area contributed by atoms with Crippen molar-refractivity contribution in [3.05, 3.63) is 29.3 Å². The molecule has 156 valence electrons. The van der Waals surface area contributed by atoms with Crippen molar-refractivity contribution in [1.82, 2.24) is 9.21 Å². The van der Waals surface area contributed by atoms with Crippen molar-refractivity contribution in [3.63, 3.8) is 0 Å². The van der Waals surface area contributed by atoms with E-state index in [0.717, 1.165) is 13.1 Å². The average Bonchev–Trinajstić information content (AvgIpc) is 2.69. The predicted octanol–water partition coefficient (Wildman–Crippen LogP) is 0.582. The molecule has 11 heteroatoms. The minimum Gasteiger partial charge on any atom is -0.760 e. The summed E-state index contributed by atoms with van der Waals surface area (Å²) >= 11 is -1.76. The number of methoxy groups -OCH3 is 1. The molecular weight excluding hydrogens is 408 g/mol. The smallest absolute Gasteiger partial charge is 0.313 e. The zero-order chi connectivity index (χ0) is 20.5. The molecule has 1 fully saturated rings. The monoisotopic (exact) mass is 431 g/mol. The molecule has 0 aliphatic carbocycles. The van der Waals surface area contributed by atoms with Gasteiger partial charge in [0.1, 0.15) is 5.75 Å². The van der Waals surface area contributed by atoms with Gasteiger partial charge in [0, 0.05) is 55.1 Å². The molecule has 9 nitrogen and oxygen atoms in total. The number of carboxylic acids is 1. The van der Waals surface area contributed by atoms with Crippen LogP contribution in [0.1, 0.15) is 15.9 Å². The first kappa shape index (κ1) is 22.8. The lowest BCUT2D eigenvalue weighted by atomic mass is 10.1. The maximum absolute atomic E-state index is 12.2. The van der Waals surface area contributed by atoms with Crippen LogP contribution in [0, 0.1) is 0 Å². The van der Waals surface area contributed by atoms with Crippen molar-refractivity contribution < 1.29 is 32.9 Å². The van der Waals surface area contributed by atoms with Gasteiger partial charge in [-0.15, -0.1) is 0 Å². The van der Waals surface area contributed by atoms with E-state index in [1.807, 2.05) is 0 Å². The number of hydrogen-bond donors (Lipinski definition) is 1. The molecule has 0 saturated carbocycles. The molecule has 1 aliphatic rings. The van der Waals surface area contributed by atoms with E-state index in [2.05, 4.69) is 4.90 Å². The highest BCUT2D eigenvalue weighted by molar-refractivity contribution is 8.14. The van der Waals surface area contributed by atoms with Gasteiger partial charge in [-0.2, -0.15) is 0 Å². The number of carbonyl (C=O) groups excluding carboxylic acids is 1. The van der Waals surface area contributed by atoms with Gasteiger partial charge in [-0.25, -0.2) is 4.31 Å². The Morgan fingerprint density at radius 3 is 2.71 bits per heavy atom. The lowest BCUT2D eigenvalue weighted by Gasteiger charge is -2.31. The van der Waals surface area contributed by atoms with Gasteiger partial charge in [-0.05, 0) is 18.2 Å². The number of hydrogen-bond acceptors (Lipinski definition) is 8. The number of nitrogens with zero attached hydrogens (tertiary/aromatic N) is 2. The third-order valence-corrected chi connectivity index (χ3v) is 5.79. The van der Waals surface area contributed by atoms with Gasteiger partial charge in [-0.3, -0.25) is 18.7 Å². The lowest BCUT2D eigenvalue weighted by molar-refractivity contribution is -0.133. The molecule has 0 bridgehead atoms. The van der Waals surface area contributed by atoms with E-state index in [4.69, 9.17) is 14.6 Å². The molecule has 0 radical (unpaired) electrons. The largest absolute Gasteiger partial charge is 0.760 e. The molecule has 1 N–H and O–H groups in total. The van der Waals surface area contributed by atoms with Crippen molar-refractivity contribution in [1.29, 1.82) is 0 Å². The number of aliphatic carboxylic acids is 1. The molecule has 1 unspecified atom stereocenters. The Morgan fingerprint density at radius 2 is 2.11 bits per heavy atom. The third kappa shape index (κ3) is 7.15. The maximum Gasteiger partial charge on any atom is 0.313 e. The van der Waals surface area contributed by atoms with E-state index in [9.17, 15) is 18.4 Å². The predicted molar refractivity (Wildman–Crippen MR) is 104 cm³/mol. The highest BCUT2D eigenvalue weighted by Gasteiger charge is 2.17. The number of thioether (sulfide) groups is 1. The van der Waals surface area contributed by atoms with E-state index < -0.39 is 22.4 Å². The first-order chi connectivity index (χ1) is 13.4. The standard InChI is InChI=1S/C17H24N2O7S2/c1-25-15-3-2-13(17(22)27-12-16(20)21)10-14(15)11-19(28(23)24)5-4-18-6-8-26-9-7-18/h2-3,10H,4-9,11-12H2,1H3,(H,20,21)(H,23,24)/p-1. The fourth-order valence-corrected chi connectivity index (χ4v) is 3.74. The number of morpholine rings is 1. The Hall–Kier alpha value is -1.50. The van der Waals surface area contributed by atoms with Crippen LogP contribution < -0.4 is 4.74 Å². The zero-order valence-corrected chi connectivity index (χ0v) is 17.1. The zero-order valence-electron chi connectivity index (χ0n) is 15.5. The molecule has 0 aromatic heterocycles. The number of carbonyl (C=O) groups is 2. The Bertz CT molecular complexity index is 711. The minimum absolute atomic E-state index is 0.0499. The summed E-state index contributed by atoms with van der Waals surface area (Å²) in [5.41, 5.74) is 0.835. The van der Waals surface area contributed by atoms with Crippen LogP contribution in [0.3, 0.4) is 0 Å². The van der Waals surface area contributed by atoms with E-state index in [-0.39, 0.29) is 12.3 Å². The van der Waals surface area contributed by atoms with Crippen molar-refractivity contribution >= 4 is 34.1 Å². The fraction of sp³-hybridized carbons (Fsp3) is 0.529. The molecule has 1 heterocycles. The van der Waals surface area contributed by atoms with E-state index in [0.29, 0.717) is 54.9 Å². The molecule has 1 aliphatic heterocycles. The third-order valence-electron chi connectivity index (χ3n) is 4.17. The first-order valence-electron chi connectivity index (χ1n) is 8.61. The highest BCUT2D eigenvalue weighted by atomic mass is 32.2. The Kier molecular flexibility index (Phi) is 9.35. The van der Waals surface area contributed by atoms with Gasteiger partial charge >= 0.3 is 5.97 Å². The summed E-state index contributed by atoms with van der Waals surface area (Å²) in [6.45, 7) is 3.70. The van der Waals surface area contributed by atoms with E-state index >= 15 is 0 Å². The topological polar surface area (TPSA) is 119 Å². The normalized spacial score (nSPS) is 16.1. The van der Waals surface area contributed by atoms with Crippen molar-refractivity contribution in [2.75, 3.05) is 52.3 Å². The average molecular weight is 432 g/mol. The Labute approximate surface area is 170 Å². The van der Waals surface area contributed by atoms with Crippen molar-refractivity contribution in [2.45, 2.75) is 6.54 Å². The molecule has 2 rings (SSSR count). The molecule has 1 atom stereocenters. The summed E-state index contributed by atoms with van der Waals surface area (Å²) in [6, 6.07) is 4.66. The van der Waals surface area contributed by atoms with Crippen LogP contribution in [-0.4, -0.2) is 86.4 Å². The molecule has 0 amide bonds. The molecular formula is C17H23N2O7S2-. The van der Waals surface area contributed by atoms with Crippen LogP contribution in [0.4, 0.5) is 0 Å². The van der Waals surface area contributed by atoms with Gasteiger partial charge in [0.2, 0.25) is 5.12 Å². The Balaban J connectivity index is 2.08. The number of rotatable bonds is 10. The summed E-state index contributed by atoms with van der Waals surface area (Å²) in [6.07, 6.45) is 0. The minimum atomic E-state index is -2.44. The Morgan fingerprint density at radius 1 is 1.39 bits per heavy atom. The van der Waals surface area contributed by atoms with Crippen molar-refractivity contribution in [2.24, 2.45) is 0 Å². The quantitative estimate of drug-likeness (QED) is 0.531. The second-order valence-corrected chi connectivity index (χ2v) is 7.93. The summed E-state index contributed by atoms with van der Waals surface area (Å²) in [7, 11) is 1.46. The molecule has 1 saturated heterocycles. The number of benzene rings is 1. The first-order valence-corrected chi connectivity index (χ1v) is 10.6. The molecule has 28 heavy (non-hydrogen) atoms. The summed E-state index contributed by atoms with van der Waals surface area (Å²) in [5.74, 6) is -0.957. The van der Waals surface area contributed by atoms with Crippen molar-refractivity contribution in [3.8, 4) is 5.75 Å². The van der Waals surface area contributed by atoms with Gasteiger partial charge < -0.3 is 19.1 Å². The number of carboxylic acid groups (broad SMARTS) is 1. The van der Waals surface area contributed by atoms with Crippen LogP contribution in [0.25, 0.3) is 0 Å². The highest BCUT2D eigenvalue weighted by Crippen LogP contribution is 2.24. The van der Waals surface area contributed by atoms with Gasteiger partial charge in [-0.1, -0.05) is 11.8 Å². The fourth-order valence-electron chi connectivity index (χ4n) is 2.71. The van der Waals surface area contributed by atoms with Crippen LogP contribution in [-0.2, 0) is 27.3 Å². The SMILES string of the molecule is COc1ccc(C(=O)SCC(=O)O)cc1CN(CCN1CCOCC1)S(=O)[O-]. The van der Waals surface area contributed by atoms with Gasteiger partial charge in [0.05, 0.1) is 26.1 Å². The van der Waals surface area contributed by atoms with Crippen LogP contribution >= 0.6 is 11.8 Å². The van der Waals surface area contributed by atoms with E-state index in [1.54, 1.807) is 12.1 Å². The van der Waals surface area contributed by atoms with Gasteiger partial charge in [0.25, 0.3) is 0 Å². The van der Waals surface area contributed by atoms with E-state index in [1.165, 1.54) is 17.5 Å². The second-order valence-electron chi connectivity index (χ2n) is 6.03. The van der Waals surface area contributed by atoms with Crippen LogP contribution in [0.15, 0.2) is 18.2 Å². The molecule has 1 aromatic rings. The maximum atomic E-state index is 12.2. The number of ether oxygens (including phenoxy) is 2. The summed E-state index contributed by atoms with van der Waals surface area (Å²) in [5, 5.41) is 8.32. The summed E-state index contributed by atoms with van der Waals surface area (Å²) in [4.78, 5) is 24.9. The summed E-state index contributed by atoms with van der Waals surface area (Å²) < 4.78 is 35.2. The lowest BCUT2D eigenvalue weighted by Crippen LogP contribution is -2.41. The van der Waals surface area contributed by atoms with Gasteiger partial charge in [0.15, 0.2) is 0 Å². The van der Waals surface area contributed by atoms with Crippen LogP contribution in [0.5, 0.6) is 5.75 Å². The molecule has 1 aromatic carbocycles. The molecule has 0 spiro atoms. The van der Waals surface area contributed by atoms with Crippen LogP contribution in [0.2, 0.25) is 0 Å².